The molecule has 154 valence electrons. The van der Waals surface area contributed by atoms with Gasteiger partial charge in [0, 0.05) is 21.9 Å². The second-order valence-electron chi connectivity index (χ2n) is 6.58. The first kappa shape index (κ1) is 20.0. The Labute approximate surface area is 166 Å². The fourth-order valence-electron chi connectivity index (χ4n) is 3.30. The summed E-state index contributed by atoms with van der Waals surface area (Å²) in [6.07, 6.45) is 3.98. The molecule has 0 spiro atoms. The molecule has 28 heavy (non-hydrogen) atoms. The van der Waals surface area contributed by atoms with E-state index in [9.17, 15) is 4.39 Å². The number of nitrogens with one attached hydrogen (secondary N) is 2. The third-order valence-corrected chi connectivity index (χ3v) is 4.73. The number of nitrogens with zero attached hydrogens (tertiary/aromatic N) is 2. The number of allylic oxidation sites excluding steroid dienone is 2. The van der Waals surface area contributed by atoms with Crippen molar-refractivity contribution in [3.63, 3.8) is 0 Å². The first-order valence-corrected chi connectivity index (χ1v) is 9.32. The number of aryl methyl sites for hydroxylation is 1. The van der Waals surface area contributed by atoms with Crippen molar-refractivity contribution in [3.05, 3.63) is 40.6 Å². The molecule has 1 aliphatic heterocycles. The van der Waals surface area contributed by atoms with Gasteiger partial charge in [0.25, 0.3) is 0 Å². The van der Waals surface area contributed by atoms with Crippen LogP contribution in [0.1, 0.15) is 39.4 Å². The normalized spacial score (nSPS) is 13.3. The Morgan fingerprint density at radius 3 is 2.82 bits per heavy atom. The summed E-state index contributed by atoms with van der Waals surface area (Å²) in [6.45, 7) is 4.44. The molecule has 2 heterocycles. The summed E-state index contributed by atoms with van der Waals surface area (Å²) in [5.74, 6) is -0.217. The Hall–Kier alpha value is -2.74. The summed E-state index contributed by atoms with van der Waals surface area (Å²) in [5.41, 5.74) is 8.24. The van der Waals surface area contributed by atoms with E-state index in [1.165, 1.54) is 6.92 Å². The van der Waals surface area contributed by atoms with E-state index in [1.54, 1.807) is 13.1 Å². The Morgan fingerprint density at radius 1 is 1.36 bits per heavy atom. The highest BCUT2D eigenvalue weighted by molar-refractivity contribution is 5.77. The monoisotopic (exact) mass is 393 g/mol. The van der Waals surface area contributed by atoms with Crippen LogP contribution in [-0.4, -0.2) is 30.2 Å². The Morgan fingerprint density at radius 2 is 2.14 bits per heavy atom. The molecule has 1 aromatic carbocycles. The molecule has 0 aliphatic carbocycles. The highest BCUT2D eigenvalue weighted by Crippen LogP contribution is 2.41. The van der Waals surface area contributed by atoms with Gasteiger partial charge in [-0.05, 0) is 44.9 Å². The predicted molar refractivity (Wildman–Crippen MR) is 111 cm³/mol. The maximum absolute atomic E-state index is 15.5. The molecular weight excluding hydrogens is 364 g/mol. The largest absolute Gasteiger partial charge is 0.492 e. The minimum Gasteiger partial charge on any atom is -0.492 e. The zero-order valence-electron chi connectivity index (χ0n) is 16.3. The van der Waals surface area contributed by atoms with Crippen molar-refractivity contribution >= 4 is 23.0 Å². The number of rotatable bonds is 7. The van der Waals surface area contributed by atoms with Crippen molar-refractivity contribution in [1.29, 1.82) is 0 Å². The van der Waals surface area contributed by atoms with Gasteiger partial charge in [0.05, 0.1) is 23.6 Å². The summed E-state index contributed by atoms with van der Waals surface area (Å²) in [5, 5.41) is 5.59. The molecule has 0 radical (unpaired) electrons. The van der Waals surface area contributed by atoms with Gasteiger partial charge in [-0.15, -0.1) is 0 Å². The first-order valence-electron chi connectivity index (χ1n) is 9.32. The molecule has 0 saturated heterocycles. The zero-order valence-corrected chi connectivity index (χ0v) is 16.3. The molecule has 1 aliphatic rings. The lowest BCUT2D eigenvalue weighted by Gasteiger charge is -2.17. The van der Waals surface area contributed by atoms with Gasteiger partial charge in [-0.1, -0.05) is 6.08 Å². The summed E-state index contributed by atoms with van der Waals surface area (Å²) in [6, 6.07) is 1.71. The Balaban J connectivity index is 0.00000225. The van der Waals surface area contributed by atoms with Crippen LogP contribution in [0, 0.1) is 18.6 Å². The molecule has 8 heteroatoms. The van der Waals surface area contributed by atoms with Gasteiger partial charge in [-0.2, -0.15) is 4.98 Å². The third kappa shape index (κ3) is 3.77. The summed E-state index contributed by atoms with van der Waals surface area (Å²) < 4.78 is 35.2. The zero-order chi connectivity index (χ0) is 20.3. The van der Waals surface area contributed by atoms with E-state index in [2.05, 4.69) is 20.6 Å². The Bertz CT molecular complexity index is 925. The van der Waals surface area contributed by atoms with Crippen molar-refractivity contribution in [2.24, 2.45) is 5.73 Å². The van der Waals surface area contributed by atoms with E-state index in [-0.39, 0.29) is 26.0 Å². The number of fused-ring (bicyclic) bond motifs is 1. The van der Waals surface area contributed by atoms with Gasteiger partial charge in [-0.3, -0.25) is 0 Å². The molecule has 1 aromatic heterocycles. The molecule has 0 saturated carbocycles. The highest BCUT2D eigenvalue weighted by Gasteiger charge is 2.26. The Kier molecular flexibility index (Phi) is 6.08. The summed E-state index contributed by atoms with van der Waals surface area (Å²) in [4.78, 5) is 8.18. The minimum absolute atomic E-state index is 0. The molecule has 6 nitrogen and oxygen atoms in total. The second kappa shape index (κ2) is 8.52. The van der Waals surface area contributed by atoms with Crippen molar-refractivity contribution in [2.45, 2.75) is 33.1 Å². The maximum atomic E-state index is 15.5. The van der Waals surface area contributed by atoms with Crippen LogP contribution in [-0.2, 0) is 6.42 Å². The topological polar surface area (TPSA) is 85.1 Å². The van der Waals surface area contributed by atoms with Crippen molar-refractivity contribution in [2.75, 3.05) is 30.8 Å². The van der Waals surface area contributed by atoms with Crippen LogP contribution in [0.5, 0.6) is 5.75 Å². The lowest BCUT2D eigenvalue weighted by molar-refractivity contribution is 0.354. The van der Waals surface area contributed by atoms with E-state index in [0.717, 1.165) is 17.6 Å². The van der Waals surface area contributed by atoms with Crippen LogP contribution in [0.4, 0.5) is 26.2 Å². The molecule has 4 N–H and O–H groups in total. The lowest BCUT2D eigenvalue weighted by Crippen LogP contribution is -2.08. The number of hydrogen-bond acceptors (Lipinski definition) is 6. The first-order chi connectivity index (χ1) is 13.5. The number of ether oxygens (including phenoxy) is 1. The van der Waals surface area contributed by atoms with Crippen LogP contribution < -0.4 is 21.1 Å². The number of nitrogens with two attached hydrogens (primary N) is 1. The number of halogens is 2. The third-order valence-electron chi connectivity index (χ3n) is 4.73. The maximum Gasteiger partial charge on any atom is 0.229 e. The molecule has 0 atom stereocenters. The second-order valence-corrected chi connectivity index (χ2v) is 6.58. The minimum atomic E-state index is -0.533. The van der Waals surface area contributed by atoms with Crippen molar-refractivity contribution in [3.8, 4) is 5.75 Å². The molecule has 2 aromatic rings. The van der Waals surface area contributed by atoms with E-state index >= 15 is 4.39 Å². The molecular formula is C20H29F2N5O. The van der Waals surface area contributed by atoms with Gasteiger partial charge in [0.15, 0.2) is 17.5 Å². The highest BCUT2D eigenvalue weighted by atomic mass is 19.1. The van der Waals surface area contributed by atoms with Crippen LogP contribution in [0.2, 0.25) is 0 Å². The van der Waals surface area contributed by atoms with E-state index in [1.807, 2.05) is 13.0 Å². The molecule has 0 amide bonds. The quantitative estimate of drug-likeness (QED) is 0.646. The molecule has 0 unspecified atom stereocenters. The van der Waals surface area contributed by atoms with E-state index in [4.69, 9.17) is 10.5 Å². The van der Waals surface area contributed by atoms with Gasteiger partial charge in [0.1, 0.15) is 5.75 Å². The average Bonchev–Trinajstić information content (AvgIpc) is 3.15. The smallest absolute Gasteiger partial charge is 0.229 e. The summed E-state index contributed by atoms with van der Waals surface area (Å²) >= 11 is 0. The molecule has 3 rings (SSSR count). The van der Waals surface area contributed by atoms with Gasteiger partial charge < -0.3 is 21.1 Å². The number of hydrogen-bond donors (Lipinski definition) is 3. The fourth-order valence-corrected chi connectivity index (χ4v) is 3.30. The van der Waals surface area contributed by atoms with Crippen molar-refractivity contribution in [1.82, 2.24) is 9.97 Å². The van der Waals surface area contributed by atoms with Gasteiger partial charge in [-0.25, -0.2) is 13.8 Å². The van der Waals surface area contributed by atoms with Gasteiger partial charge in [0.2, 0.25) is 5.95 Å². The van der Waals surface area contributed by atoms with Crippen LogP contribution in [0.3, 0.4) is 0 Å². The van der Waals surface area contributed by atoms with E-state index in [0.29, 0.717) is 37.3 Å². The number of benzene rings is 1. The van der Waals surface area contributed by atoms with Crippen LogP contribution in [0.25, 0.3) is 5.57 Å². The predicted octanol–water partition coefficient (Wildman–Crippen LogP) is 4.42. The number of aromatic nitrogens is 2. The van der Waals surface area contributed by atoms with Crippen LogP contribution in [0.15, 0.2) is 12.1 Å². The van der Waals surface area contributed by atoms with Crippen molar-refractivity contribution < 1.29 is 16.4 Å². The summed E-state index contributed by atoms with van der Waals surface area (Å²) in [7, 11) is 1.57. The molecule has 0 fully saturated rings. The standard InChI is InChI=1S/C20H25F2N5O.2H2/c1-4-12(6-5-8-23)15-17(22)14(10-13-7-9-28-18(13)15)26-20-25-11(2)16(21)19(24-3)27-20;;/h4,10H,5-9,23H2,1-3H3,(H2,24,25,26,27);2*1H/b12-4+;;. The fraction of sp³-hybridized carbons (Fsp3) is 0.400. The number of anilines is 3. The van der Waals surface area contributed by atoms with E-state index < -0.39 is 11.6 Å². The average molecular weight is 393 g/mol. The van der Waals surface area contributed by atoms with Crippen LogP contribution >= 0.6 is 0 Å². The lowest BCUT2D eigenvalue weighted by atomic mass is 9.95. The van der Waals surface area contributed by atoms with Gasteiger partial charge >= 0.3 is 0 Å². The SMILES string of the molecule is C/C=C(\CCCN)c1c(F)c(Nc2nc(C)c(F)c(NC)n2)cc2c1OCC2.[HH].[HH]. The molecule has 0 bridgehead atoms.